The van der Waals surface area contributed by atoms with E-state index < -0.39 is 0 Å². The molecule has 1 fully saturated rings. The first-order valence-corrected chi connectivity index (χ1v) is 7.25. The maximum Gasteiger partial charge on any atom is 0.321 e. The molecule has 1 unspecified atom stereocenters. The van der Waals surface area contributed by atoms with Crippen LogP contribution >= 0.6 is 0 Å². The van der Waals surface area contributed by atoms with Gasteiger partial charge in [-0.15, -0.1) is 0 Å². The smallest absolute Gasteiger partial charge is 0.321 e. The number of carbonyl (C=O) groups is 3. The summed E-state index contributed by atoms with van der Waals surface area (Å²) in [6.07, 6.45) is 4.21. The van der Waals surface area contributed by atoms with Crippen molar-refractivity contribution in [1.29, 1.82) is 0 Å². The molecule has 2 heterocycles. The first kappa shape index (κ1) is 15.4. The molecule has 0 bridgehead atoms. The van der Waals surface area contributed by atoms with Gasteiger partial charge in [-0.2, -0.15) is 4.48 Å². The maximum atomic E-state index is 12.3. The average Bonchev–Trinajstić information content (AvgIpc) is 3.12. The highest BCUT2D eigenvalue weighted by atomic mass is 16.3. The Morgan fingerprint density at radius 3 is 2.86 bits per heavy atom. The number of amides is 3. The van der Waals surface area contributed by atoms with Gasteiger partial charge in [0.1, 0.15) is 11.8 Å². The van der Waals surface area contributed by atoms with Crippen LogP contribution < -0.4 is 5.32 Å². The van der Waals surface area contributed by atoms with Crippen LogP contribution in [0.2, 0.25) is 0 Å². The molecule has 2 rings (SSSR count). The third-order valence-electron chi connectivity index (χ3n) is 4.19. The zero-order chi connectivity index (χ0) is 15.3. The molecule has 0 aromatic carbocycles. The minimum absolute atomic E-state index is 0.0150. The number of furan rings is 1. The molecule has 1 aromatic rings. The van der Waals surface area contributed by atoms with Gasteiger partial charge in [0.2, 0.25) is 5.91 Å². The van der Waals surface area contributed by atoms with Crippen LogP contribution in [0.25, 0.3) is 0 Å². The van der Waals surface area contributed by atoms with Crippen molar-refractivity contribution in [3.05, 3.63) is 24.2 Å². The lowest BCUT2D eigenvalue weighted by molar-refractivity contribution is -0.780. The second-order valence-corrected chi connectivity index (χ2v) is 5.50. The molecule has 21 heavy (non-hydrogen) atoms. The van der Waals surface area contributed by atoms with Gasteiger partial charge in [-0.25, -0.2) is 9.59 Å². The van der Waals surface area contributed by atoms with Crippen LogP contribution in [0.5, 0.6) is 0 Å². The average molecular weight is 293 g/mol. The Balaban J connectivity index is 1.80. The van der Waals surface area contributed by atoms with E-state index in [-0.39, 0.29) is 35.2 Å². The van der Waals surface area contributed by atoms with Crippen molar-refractivity contribution in [2.45, 2.75) is 45.2 Å². The second kappa shape index (κ2) is 6.67. The van der Waals surface area contributed by atoms with E-state index in [1.54, 1.807) is 12.1 Å². The number of likely N-dealkylation sites (tertiary alicyclic amines) is 1. The van der Waals surface area contributed by atoms with Crippen molar-refractivity contribution in [3.8, 4) is 0 Å². The zero-order valence-electron chi connectivity index (χ0n) is 12.2. The summed E-state index contributed by atoms with van der Waals surface area (Å²) in [6.45, 7) is 2.78. The Hall–Kier alpha value is -1.95. The van der Waals surface area contributed by atoms with Crippen molar-refractivity contribution in [3.63, 3.8) is 0 Å². The predicted octanol–water partition coefficient (Wildman–Crippen LogP) is 1.36. The molecule has 114 valence electrons. The van der Waals surface area contributed by atoms with Gasteiger partial charge in [0.05, 0.1) is 25.8 Å². The standard InChI is InChI=1S/C15H20N2O4/c1-12-4-2-8-17(12,11-18)15(20)7-6-14(19)16-10-13-5-3-9-21-13/h3,5,9,11-12H,2,4,6-8,10H2,1H3/p+1/t12-,17?/m1/s1. The molecule has 0 aliphatic carbocycles. The van der Waals surface area contributed by atoms with Gasteiger partial charge < -0.3 is 9.73 Å². The van der Waals surface area contributed by atoms with Crippen molar-refractivity contribution >= 4 is 18.2 Å². The summed E-state index contributed by atoms with van der Waals surface area (Å²) in [7, 11) is 0. The molecule has 1 N–H and O–H groups in total. The van der Waals surface area contributed by atoms with Crippen molar-refractivity contribution < 1.29 is 23.3 Å². The molecule has 6 heteroatoms. The van der Waals surface area contributed by atoms with Crippen LogP contribution in [-0.4, -0.2) is 35.3 Å². The monoisotopic (exact) mass is 293 g/mol. The number of hydrogen-bond acceptors (Lipinski definition) is 4. The zero-order valence-corrected chi connectivity index (χ0v) is 12.2. The van der Waals surface area contributed by atoms with Gasteiger partial charge in [0.15, 0.2) is 0 Å². The van der Waals surface area contributed by atoms with E-state index in [1.807, 2.05) is 6.92 Å². The van der Waals surface area contributed by atoms with E-state index in [1.165, 1.54) is 6.26 Å². The van der Waals surface area contributed by atoms with Crippen molar-refractivity contribution in [1.82, 2.24) is 5.32 Å². The van der Waals surface area contributed by atoms with Crippen LogP contribution in [0.3, 0.4) is 0 Å². The number of carbonyl (C=O) groups excluding carboxylic acids is 3. The summed E-state index contributed by atoms with van der Waals surface area (Å²) in [6, 6.07) is 3.53. The highest BCUT2D eigenvalue weighted by Gasteiger charge is 2.45. The number of hydrogen-bond donors (Lipinski definition) is 1. The second-order valence-electron chi connectivity index (χ2n) is 5.50. The number of rotatable bonds is 6. The lowest BCUT2D eigenvalue weighted by Crippen LogP contribution is -2.54. The van der Waals surface area contributed by atoms with Gasteiger partial charge in [0, 0.05) is 19.3 Å². The molecule has 1 saturated heterocycles. The van der Waals surface area contributed by atoms with Gasteiger partial charge in [-0.1, -0.05) is 0 Å². The SMILES string of the molecule is C[C@@H]1CCC[N+]1(C=O)C(=O)CCC(=O)NCc1ccco1. The Morgan fingerprint density at radius 2 is 2.29 bits per heavy atom. The summed E-state index contributed by atoms with van der Waals surface area (Å²) >= 11 is 0. The van der Waals surface area contributed by atoms with E-state index in [4.69, 9.17) is 4.42 Å². The van der Waals surface area contributed by atoms with Gasteiger partial charge in [-0.3, -0.25) is 4.79 Å². The maximum absolute atomic E-state index is 12.3. The topological polar surface area (TPSA) is 76.4 Å². The largest absolute Gasteiger partial charge is 0.467 e. The third-order valence-corrected chi connectivity index (χ3v) is 4.19. The van der Waals surface area contributed by atoms with Gasteiger partial charge in [-0.05, 0) is 19.1 Å². The minimum Gasteiger partial charge on any atom is -0.467 e. The molecular formula is C15H21N2O4+. The lowest BCUT2D eigenvalue weighted by atomic mass is 10.2. The van der Waals surface area contributed by atoms with E-state index in [9.17, 15) is 14.4 Å². The molecule has 2 atom stereocenters. The summed E-state index contributed by atoms with van der Waals surface area (Å²) in [5, 5.41) is 2.69. The van der Waals surface area contributed by atoms with Crippen LogP contribution in [0.15, 0.2) is 22.8 Å². The minimum atomic E-state index is -0.212. The number of nitrogens with one attached hydrogen (secondary N) is 1. The Bertz CT molecular complexity index is 512. The van der Waals surface area contributed by atoms with E-state index in [2.05, 4.69) is 5.32 Å². The summed E-state index contributed by atoms with van der Waals surface area (Å²) < 4.78 is 4.97. The quantitative estimate of drug-likeness (QED) is 0.634. The predicted molar refractivity (Wildman–Crippen MR) is 74.7 cm³/mol. The summed E-state index contributed by atoms with van der Waals surface area (Å²) in [5.74, 6) is 0.290. The first-order valence-electron chi connectivity index (χ1n) is 7.25. The molecule has 0 radical (unpaired) electrons. The Labute approximate surface area is 123 Å². The van der Waals surface area contributed by atoms with Crippen LogP contribution in [-0.2, 0) is 20.9 Å². The van der Waals surface area contributed by atoms with Gasteiger partial charge >= 0.3 is 12.3 Å². The van der Waals surface area contributed by atoms with E-state index >= 15 is 0 Å². The molecule has 6 nitrogen and oxygen atoms in total. The highest BCUT2D eigenvalue weighted by Crippen LogP contribution is 2.26. The molecular weight excluding hydrogens is 272 g/mol. The molecule has 1 aromatic heterocycles. The number of nitrogens with zero attached hydrogens (tertiary/aromatic N) is 1. The van der Waals surface area contributed by atoms with Crippen LogP contribution in [0.4, 0.5) is 0 Å². The lowest BCUT2D eigenvalue weighted by Gasteiger charge is -2.28. The highest BCUT2D eigenvalue weighted by molar-refractivity contribution is 5.83. The third kappa shape index (κ3) is 3.39. The fourth-order valence-electron chi connectivity index (χ4n) is 2.80. The van der Waals surface area contributed by atoms with Gasteiger partial charge in [0.25, 0.3) is 0 Å². The number of quaternary nitrogens is 1. The molecule has 1 aliphatic rings. The normalized spacial score (nSPS) is 24.7. The van der Waals surface area contributed by atoms with Crippen molar-refractivity contribution in [2.75, 3.05) is 6.54 Å². The van der Waals surface area contributed by atoms with Crippen LogP contribution in [0, 0.1) is 0 Å². The fourth-order valence-corrected chi connectivity index (χ4v) is 2.80. The van der Waals surface area contributed by atoms with E-state index in [0.29, 0.717) is 18.8 Å². The number of imide groups is 1. The van der Waals surface area contributed by atoms with Crippen LogP contribution in [0.1, 0.15) is 38.4 Å². The fraction of sp³-hybridized carbons (Fsp3) is 0.533. The van der Waals surface area contributed by atoms with Crippen molar-refractivity contribution in [2.24, 2.45) is 0 Å². The van der Waals surface area contributed by atoms with E-state index in [0.717, 1.165) is 19.3 Å². The molecule has 0 saturated carbocycles. The summed E-state index contributed by atoms with van der Waals surface area (Å²) in [4.78, 5) is 35.4. The Kier molecular flexibility index (Phi) is 4.90. The summed E-state index contributed by atoms with van der Waals surface area (Å²) in [5.41, 5.74) is 0. The Morgan fingerprint density at radius 1 is 1.48 bits per heavy atom. The first-order chi connectivity index (χ1) is 10.1. The molecule has 1 aliphatic heterocycles. The molecule has 3 amide bonds. The molecule has 0 spiro atoms.